The number of amides is 4. The standard InChI is InChI=1S/C17H28N2O6.C15H24N2O6.C14H24N2O5.C13H21NO5.C12H20N2O5.C10H17NO4/c1-10(16(23)18-7-11(2)17(24)25)6-15(14(5)22)19(8-12(3)20)9-13(4)21;1-9(15(22)23)5-14(21)16-6-13(12(4)20)17(7-10(2)18)8-11(3)19;1-9(14(20)21)5-15-13(19)10(2)6-16(7-11(3)17)8-12(4)18;1-8(13(18)19)5-12(11(4)17)14(6-9(2)15)7-10(3)16;1-8(12(18)19)4-11(17)13-7-14(5-9(2)15)6-10(3)16;1-7(10(14)15)4-11(5-8(2)12)6-9(3)13/h10-11,15H,6-9H2,1-5H3,(H,18,23)(H,24,25);9,13H,5-8H2,1-4H3,(H,16,21)(H,22,23);9-10H,5-8H2,1-4H3,(H,15,19)(H,20,21);8,12H,5-7H2,1-4H3,(H,18,19);8H,4-7H2,1-3H3,(H,13,17)(H,18,19);7H,4-6H2,1-3H3,(H,14,15). The molecule has 0 aromatic carbocycles. The molecule has 41 heteroatoms. The minimum absolute atomic E-state index is 0.00610. The van der Waals surface area contributed by atoms with Crippen molar-refractivity contribution in [2.75, 3.05) is 118 Å². The molecule has 0 bridgehead atoms. The predicted octanol–water partition coefficient (Wildman–Crippen LogP) is 0.250. The number of carbonyl (C=O) groups excluding carboxylic acids is 19. The quantitative estimate of drug-likeness (QED) is 0.0365. The minimum Gasteiger partial charge on any atom is -0.481 e. The van der Waals surface area contributed by atoms with Crippen LogP contribution in [0.2, 0.25) is 0 Å². The van der Waals surface area contributed by atoms with Gasteiger partial charge in [0.1, 0.15) is 86.7 Å². The molecule has 122 heavy (non-hydrogen) atoms. The van der Waals surface area contributed by atoms with Gasteiger partial charge in [0.2, 0.25) is 23.6 Å². The van der Waals surface area contributed by atoms with Gasteiger partial charge in [0.15, 0.2) is 0 Å². The summed E-state index contributed by atoms with van der Waals surface area (Å²) in [7, 11) is 0. The van der Waals surface area contributed by atoms with Gasteiger partial charge in [0, 0.05) is 57.4 Å². The molecule has 11 atom stereocenters. The molecule has 0 heterocycles. The van der Waals surface area contributed by atoms with E-state index >= 15 is 0 Å². The van der Waals surface area contributed by atoms with Crippen molar-refractivity contribution >= 4 is 146 Å². The highest BCUT2D eigenvalue weighted by atomic mass is 16.4. The molecule has 694 valence electrons. The third-order valence-corrected chi connectivity index (χ3v) is 16.7. The van der Waals surface area contributed by atoms with E-state index in [0.717, 1.165) is 0 Å². The molecule has 0 rings (SSSR count). The number of hydrogen-bond acceptors (Lipinski definition) is 31. The highest BCUT2D eigenvalue weighted by Gasteiger charge is 2.33. The summed E-state index contributed by atoms with van der Waals surface area (Å²) in [5, 5.41) is 62.7. The van der Waals surface area contributed by atoms with Crippen LogP contribution in [0.3, 0.4) is 0 Å². The minimum atomic E-state index is -1.09. The maximum atomic E-state index is 12.1. The van der Waals surface area contributed by atoms with Gasteiger partial charge in [-0.1, -0.05) is 55.4 Å². The van der Waals surface area contributed by atoms with E-state index in [1.54, 1.807) is 30.6 Å². The third-order valence-electron chi connectivity index (χ3n) is 16.7. The van der Waals surface area contributed by atoms with Crippen LogP contribution < -0.4 is 21.3 Å². The lowest BCUT2D eigenvalue weighted by atomic mass is 9.96. The Kier molecular flexibility index (Phi) is 66.4. The molecule has 0 spiro atoms. The van der Waals surface area contributed by atoms with Crippen molar-refractivity contribution in [1.82, 2.24) is 50.7 Å². The van der Waals surface area contributed by atoms with Crippen LogP contribution in [0.25, 0.3) is 0 Å². The summed E-state index contributed by atoms with van der Waals surface area (Å²) >= 11 is 0. The van der Waals surface area contributed by atoms with Gasteiger partial charge in [-0.15, -0.1) is 0 Å². The molecule has 41 nitrogen and oxygen atoms in total. The normalized spacial score (nSPS) is 13.4. The highest BCUT2D eigenvalue weighted by molar-refractivity contribution is 5.91. The summed E-state index contributed by atoms with van der Waals surface area (Å²) in [6, 6.07) is -2.27. The molecule has 0 radical (unpaired) electrons. The van der Waals surface area contributed by atoms with Crippen molar-refractivity contribution in [2.45, 2.75) is 203 Å². The van der Waals surface area contributed by atoms with E-state index in [4.69, 9.17) is 30.6 Å². The van der Waals surface area contributed by atoms with E-state index in [9.17, 15) is 120 Å². The molecule has 10 N–H and O–H groups in total. The van der Waals surface area contributed by atoms with Gasteiger partial charge in [0.25, 0.3) is 0 Å². The van der Waals surface area contributed by atoms with Gasteiger partial charge >= 0.3 is 35.8 Å². The number of Topliss-reactive ketones (excluding diaryl/α,β-unsaturated/α-hetero) is 15. The zero-order chi connectivity index (χ0) is 96.6. The van der Waals surface area contributed by atoms with Crippen molar-refractivity contribution < 1.29 is 151 Å². The molecule has 4 amide bonds. The molecule has 0 aromatic heterocycles. The SMILES string of the molecule is CC(=O)CN(CC(C)=O)C(CC(C)C(=O)NCC(C)C(=O)O)C(C)=O.CC(=O)CN(CC(C)=O)C(CC(C)C(=O)O)C(C)=O.CC(=O)CN(CC(C)=O)C(CNC(=O)CC(C)C(=O)O)C(C)=O.CC(=O)CN(CC(C)=O)CC(C)C(=O)NCC(C)C(=O)O.CC(=O)CN(CC(C)=O)CC(C)C(=O)O.CC(=O)CN(CNC(=O)CC(C)C(=O)O)CC(C)=O. The van der Waals surface area contributed by atoms with Gasteiger partial charge in [0.05, 0.1) is 139 Å². The van der Waals surface area contributed by atoms with Crippen LogP contribution >= 0.6 is 0 Å². The lowest BCUT2D eigenvalue weighted by Gasteiger charge is -2.30. The van der Waals surface area contributed by atoms with E-state index in [1.807, 2.05) is 0 Å². The van der Waals surface area contributed by atoms with Crippen LogP contribution in [0.5, 0.6) is 0 Å². The van der Waals surface area contributed by atoms with E-state index in [1.165, 1.54) is 158 Å². The highest BCUT2D eigenvalue weighted by Crippen LogP contribution is 2.17. The number of nitrogens with zero attached hydrogens (tertiary/aromatic N) is 6. The van der Waals surface area contributed by atoms with Crippen LogP contribution in [-0.2, 0) is 120 Å². The first kappa shape index (κ1) is 122. The lowest BCUT2D eigenvalue weighted by molar-refractivity contribution is -0.143. The molecule has 11 unspecified atom stereocenters. The fourth-order valence-corrected chi connectivity index (χ4v) is 10.8. The third kappa shape index (κ3) is 68.2. The van der Waals surface area contributed by atoms with Crippen LogP contribution in [0, 0.1) is 47.3 Å². The number of hydrogen-bond donors (Lipinski definition) is 10. The zero-order valence-electron chi connectivity index (χ0n) is 75.0. The van der Waals surface area contributed by atoms with Crippen molar-refractivity contribution in [3.05, 3.63) is 0 Å². The molecule has 0 saturated heterocycles. The Morgan fingerprint density at radius 2 is 0.451 bits per heavy atom. The maximum absolute atomic E-state index is 12.1. The molecule has 0 fully saturated rings. The second-order valence-corrected chi connectivity index (χ2v) is 31.0. The second-order valence-electron chi connectivity index (χ2n) is 31.0. The summed E-state index contributed by atoms with van der Waals surface area (Å²) in [4.78, 5) is 290. The summed E-state index contributed by atoms with van der Waals surface area (Å²) in [6.07, 6.45) is -0.114. The Bertz CT molecular complexity index is 3500. The first-order valence-electron chi connectivity index (χ1n) is 39.1. The van der Waals surface area contributed by atoms with Crippen LogP contribution in [0.15, 0.2) is 0 Å². The first-order chi connectivity index (χ1) is 55.8. The van der Waals surface area contributed by atoms with Crippen LogP contribution in [0.4, 0.5) is 0 Å². The number of rotatable bonds is 58. The van der Waals surface area contributed by atoms with Crippen molar-refractivity contribution in [1.29, 1.82) is 0 Å². The fraction of sp³-hybridized carbons (Fsp3) is 0.691. The Balaban J connectivity index is -0.000000333. The zero-order valence-corrected chi connectivity index (χ0v) is 75.0. The predicted molar refractivity (Wildman–Crippen MR) is 440 cm³/mol. The Morgan fingerprint density at radius 1 is 0.230 bits per heavy atom. The molecule has 0 aliphatic rings. The largest absolute Gasteiger partial charge is 0.481 e. The fourth-order valence-electron chi connectivity index (χ4n) is 10.8. The molecular weight excluding hydrogens is 1610 g/mol. The summed E-state index contributed by atoms with van der Waals surface area (Å²) in [5.41, 5.74) is 0. The van der Waals surface area contributed by atoms with Crippen LogP contribution in [0.1, 0.15) is 185 Å². The van der Waals surface area contributed by atoms with Gasteiger partial charge in [-0.05, 0) is 117 Å². The van der Waals surface area contributed by atoms with E-state index in [2.05, 4.69) is 21.3 Å². The van der Waals surface area contributed by atoms with Crippen molar-refractivity contribution in [2.24, 2.45) is 47.3 Å². The van der Waals surface area contributed by atoms with Gasteiger partial charge in [-0.3, -0.25) is 149 Å². The number of ketones is 15. The van der Waals surface area contributed by atoms with Gasteiger partial charge < -0.3 is 51.9 Å². The number of carboxylic acids is 6. The smallest absolute Gasteiger partial charge is 0.308 e. The maximum Gasteiger partial charge on any atom is 0.308 e. The van der Waals surface area contributed by atoms with E-state index in [0.29, 0.717) is 0 Å². The van der Waals surface area contributed by atoms with E-state index < -0.39 is 113 Å². The van der Waals surface area contributed by atoms with E-state index in [-0.39, 0.29) is 242 Å². The Hall–Kier alpha value is -10.5. The molecule has 0 aromatic rings. The average Bonchev–Trinajstić information content (AvgIpc) is 0.878. The summed E-state index contributed by atoms with van der Waals surface area (Å²) in [5.74, 6) is -15.3. The monoisotopic (exact) mass is 1740 g/mol. The van der Waals surface area contributed by atoms with Gasteiger partial charge in [-0.2, -0.15) is 0 Å². The second kappa shape index (κ2) is 66.2. The Morgan fingerprint density at radius 3 is 0.697 bits per heavy atom. The lowest BCUT2D eigenvalue weighted by Crippen LogP contribution is -2.51. The number of carbonyl (C=O) groups is 25. The number of nitrogens with one attached hydrogen (secondary N) is 4. The molecular formula is C81H134N10O31. The molecule has 0 saturated carbocycles. The average molecular weight is 1740 g/mol. The Labute approximate surface area is 713 Å². The molecule has 0 aliphatic heterocycles. The first-order valence-corrected chi connectivity index (χ1v) is 39.1. The van der Waals surface area contributed by atoms with Crippen molar-refractivity contribution in [3.8, 4) is 0 Å². The summed E-state index contributed by atoms with van der Waals surface area (Å²) in [6.45, 7) is 33.6. The number of carboxylic acid groups (broad SMARTS) is 6. The van der Waals surface area contributed by atoms with Gasteiger partial charge in [-0.25, -0.2) is 0 Å². The number of aliphatic carboxylic acids is 6. The van der Waals surface area contributed by atoms with Crippen LogP contribution in [-0.4, -0.2) is 342 Å². The summed E-state index contributed by atoms with van der Waals surface area (Å²) < 4.78 is 0. The van der Waals surface area contributed by atoms with Crippen molar-refractivity contribution in [3.63, 3.8) is 0 Å². The molecule has 0 aliphatic carbocycles. The topological polar surface area (TPSA) is 616 Å².